The summed E-state index contributed by atoms with van der Waals surface area (Å²) in [5, 5.41) is 9.51. The van der Waals surface area contributed by atoms with E-state index in [-0.39, 0.29) is 5.82 Å². The number of benzene rings is 2. The second-order valence-corrected chi connectivity index (χ2v) is 5.99. The molecule has 1 heterocycles. The number of aromatic carboxylic acids is 1. The van der Waals surface area contributed by atoms with Crippen LogP contribution in [0.5, 0.6) is 0 Å². The first-order valence-electron chi connectivity index (χ1n) is 8.37. The normalized spacial score (nSPS) is 11.1. The average Bonchev–Trinajstić information content (AvgIpc) is 3.15. The summed E-state index contributed by atoms with van der Waals surface area (Å²) in [5.41, 5.74) is 2.88. The Morgan fingerprint density at radius 2 is 1.96 bits per heavy atom. The summed E-state index contributed by atoms with van der Waals surface area (Å²) in [7, 11) is 0. The number of nitrogens with one attached hydrogen (secondary N) is 1. The van der Waals surface area contributed by atoms with Crippen LogP contribution in [0, 0.1) is 5.82 Å². The van der Waals surface area contributed by atoms with Gasteiger partial charge in [-0.2, -0.15) is 0 Å². The van der Waals surface area contributed by atoms with E-state index < -0.39 is 5.97 Å². The summed E-state index contributed by atoms with van der Waals surface area (Å²) in [4.78, 5) is 18.8. The van der Waals surface area contributed by atoms with Gasteiger partial charge in [-0.05, 0) is 47.7 Å². The summed E-state index contributed by atoms with van der Waals surface area (Å²) in [6.45, 7) is 0. The van der Waals surface area contributed by atoms with E-state index >= 15 is 0 Å². The largest absolute Gasteiger partial charge is 0.478 e. The van der Waals surface area contributed by atoms with Gasteiger partial charge in [-0.25, -0.2) is 14.2 Å². The molecule has 0 radical (unpaired) electrons. The van der Waals surface area contributed by atoms with Crippen LogP contribution in [0.25, 0.3) is 6.08 Å². The number of carbonyl (C=O) groups is 1. The van der Waals surface area contributed by atoms with Crippen molar-refractivity contribution in [3.8, 4) is 0 Å². The summed E-state index contributed by atoms with van der Waals surface area (Å²) < 4.78 is 13.0. The molecule has 0 atom stereocenters. The number of allylic oxidation sites excluding steroid dienone is 1. The van der Waals surface area contributed by atoms with Gasteiger partial charge >= 0.3 is 5.97 Å². The van der Waals surface area contributed by atoms with Gasteiger partial charge in [-0.15, -0.1) is 0 Å². The monoisotopic (exact) mass is 350 g/mol. The molecule has 3 rings (SSSR count). The van der Waals surface area contributed by atoms with E-state index in [1.807, 2.05) is 24.3 Å². The number of aromatic amines is 1. The van der Waals surface area contributed by atoms with E-state index in [1.54, 1.807) is 30.6 Å². The zero-order valence-corrected chi connectivity index (χ0v) is 14.2. The van der Waals surface area contributed by atoms with Crippen LogP contribution in [-0.4, -0.2) is 21.0 Å². The lowest BCUT2D eigenvalue weighted by Crippen LogP contribution is -2.04. The van der Waals surface area contributed by atoms with Crippen molar-refractivity contribution in [2.24, 2.45) is 0 Å². The number of hydrogen-bond donors (Lipinski definition) is 2. The quantitative estimate of drug-likeness (QED) is 0.668. The summed E-state index contributed by atoms with van der Waals surface area (Å²) >= 11 is 0. The van der Waals surface area contributed by atoms with Crippen molar-refractivity contribution in [3.63, 3.8) is 0 Å². The summed E-state index contributed by atoms with van der Waals surface area (Å²) in [6, 6.07) is 11.7. The van der Waals surface area contributed by atoms with E-state index in [9.17, 15) is 14.3 Å². The number of halogens is 1. The number of nitrogens with zero attached hydrogens (tertiary/aromatic N) is 1. The zero-order chi connectivity index (χ0) is 18.4. The number of carboxylic acids is 1. The maximum absolute atomic E-state index is 13.0. The Bertz CT molecular complexity index is 900. The molecule has 0 fully saturated rings. The van der Waals surface area contributed by atoms with Gasteiger partial charge in [0.15, 0.2) is 0 Å². The molecule has 0 aliphatic heterocycles. The van der Waals surface area contributed by atoms with Gasteiger partial charge in [0.25, 0.3) is 0 Å². The van der Waals surface area contributed by atoms with E-state index in [2.05, 4.69) is 9.97 Å². The Labute approximate surface area is 151 Å². The minimum absolute atomic E-state index is 0.273. The Hall–Kier alpha value is -3.21. The topological polar surface area (TPSA) is 66.0 Å². The lowest BCUT2D eigenvalue weighted by Gasteiger charge is -2.08. The summed E-state index contributed by atoms with van der Waals surface area (Å²) in [5.74, 6) is -0.360. The highest BCUT2D eigenvalue weighted by Gasteiger charge is 2.10. The molecule has 0 saturated heterocycles. The Morgan fingerprint density at radius 3 is 2.65 bits per heavy atom. The van der Waals surface area contributed by atoms with Gasteiger partial charge in [0.05, 0.1) is 5.56 Å². The maximum Gasteiger partial charge on any atom is 0.335 e. The molecule has 1 aromatic heterocycles. The summed E-state index contributed by atoms with van der Waals surface area (Å²) in [6.07, 6.45) is 9.19. The van der Waals surface area contributed by atoms with Crippen molar-refractivity contribution in [2.75, 3.05) is 0 Å². The van der Waals surface area contributed by atoms with Crippen molar-refractivity contribution in [2.45, 2.75) is 19.3 Å². The molecule has 2 N–H and O–H groups in total. The number of aromatic nitrogens is 2. The van der Waals surface area contributed by atoms with Crippen LogP contribution in [0.1, 0.15) is 32.9 Å². The van der Waals surface area contributed by atoms with E-state index in [1.165, 1.54) is 12.1 Å². The third kappa shape index (κ3) is 4.66. The second kappa shape index (κ2) is 8.25. The highest BCUT2D eigenvalue weighted by molar-refractivity contribution is 5.90. The molecule has 0 aliphatic rings. The first kappa shape index (κ1) is 17.6. The van der Waals surface area contributed by atoms with Crippen LogP contribution in [0.4, 0.5) is 4.39 Å². The van der Waals surface area contributed by atoms with E-state index in [4.69, 9.17) is 0 Å². The number of carboxylic acid groups (broad SMARTS) is 1. The third-order valence-corrected chi connectivity index (χ3v) is 4.14. The lowest BCUT2D eigenvalue weighted by atomic mass is 9.97. The molecule has 3 aromatic rings. The molecule has 132 valence electrons. The van der Waals surface area contributed by atoms with Crippen LogP contribution in [0.2, 0.25) is 0 Å². The highest BCUT2D eigenvalue weighted by Crippen LogP contribution is 2.17. The number of aryl methyl sites for hydroxylation is 2. The Morgan fingerprint density at radius 1 is 1.15 bits per heavy atom. The minimum Gasteiger partial charge on any atom is -0.478 e. The molecule has 2 aromatic carbocycles. The van der Waals surface area contributed by atoms with Crippen LogP contribution in [-0.2, 0) is 19.3 Å². The molecule has 0 unspecified atom stereocenters. The molecule has 0 aliphatic carbocycles. The van der Waals surface area contributed by atoms with Crippen molar-refractivity contribution < 1.29 is 14.3 Å². The van der Waals surface area contributed by atoms with Crippen molar-refractivity contribution in [1.82, 2.24) is 9.97 Å². The zero-order valence-electron chi connectivity index (χ0n) is 14.2. The predicted octanol–water partition coefficient (Wildman–Crippen LogP) is 4.29. The number of H-pyrrole nitrogens is 1. The number of hydrogen-bond acceptors (Lipinski definition) is 2. The van der Waals surface area contributed by atoms with Gasteiger partial charge in [-0.3, -0.25) is 0 Å². The van der Waals surface area contributed by atoms with Gasteiger partial charge in [0.2, 0.25) is 0 Å². The number of rotatable bonds is 7. The van der Waals surface area contributed by atoms with Crippen molar-refractivity contribution >= 4 is 12.0 Å². The van der Waals surface area contributed by atoms with Crippen LogP contribution in [0.15, 0.2) is 60.9 Å². The Kier molecular flexibility index (Phi) is 5.59. The fourth-order valence-corrected chi connectivity index (χ4v) is 2.76. The van der Waals surface area contributed by atoms with E-state index in [0.717, 1.165) is 22.5 Å². The number of imidazole rings is 1. The first-order valence-corrected chi connectivity index (χ1v) is 8.37. The Balaban J connectivity index is 1.70. The van der Waals surface area contributed by atoms with Crippen LogP contribution >= 0.6 is 0 Å². The second-order valence-electron chi connectivity index (χ2n) is 5.99. The molecule has 5 heteroatoms. The standard InChI is InChI=1S/C21H19FN2O2/c22-18-10-6-15(7-11-18)4-8-17-9-5-16(14-19(17)21(25)26)2-1-3-20-23-12-13-24-20/h1-2,5-7,9-14H,3-4,8H2,(H,23,24)(H,25,26). The van der Waals surface area contributed by atoms with Gasteiger partial charge in [-0.1, -0.05) is 36.4 Å². The molecule has 0 bridgehead atoms. The predicted molar refractivity (Wildman–Crippen MR) is 98.5 cm³/mol. The van der Waals surface area contributed by atoms with Crippen molar-refractivity contribution in [3.05, 3.63) is 94.8 Å². The fourth-order valence-electron chi connectivity index (χ4n) is 2.76. The molecule has 0 saturated carbocycles. The molecule has 0 amide bonds. The lowest BCUT2D eigenvalue weighted by molar-refractivity contribution is 0.0695. The minimum atomic E-state index is -0.944. The molecular formula is C21H19FN2O2. The SMILES string of the molecule is O=C(O)c1cc(C=CCc2ncc[nH]2)ccc1CCc1ccc(F)cc1. The van der Waals surface area contributed by atoms with Gasteiger partial charge in [0, 0.05) is 18.8 Å². The highest BCUT2D eigenvalue weighted by atomic mass is 19.1. The van der Waals surface area contributed by atoms with Crippen LogP contribution in [0.3, 0.4) is 0 Å². The third-order valence-electron chi connectivity index (χ3n) is 4.14. The first-order chi connectivity index (χ1) is 12.6. The van der Waals surface area contributed by atoms with E-state index in [0.29, 0.717) is 24.8 Å². The molecule has 26 heavy (non-hydrogen) atoms. The average molecular weight is 350 g/mol. The smallest absolute Gasteiger partial charge is 0.335 e. The van der Waals surface area contributed by atoms with Gasteiger partial charge < -0.3 is 10.1 Å². The maximum atomic E-state index is 13.0. The fraction of sp³-hybridized carbons (Fsp3) is 0.143. The molecule has 0 spiro atoms. The molecular weight excluding hydrogens is 331 g/mol. The molecule has 4 nitrogen and oxygen atoms in total. The van der Waals surface area contributed by atoms with Crippen LogP contribution < -0.4 is 0 Å². The van der Waals surface area contributed by atoms with Gasteiger partial charge in [0.1, 0.15) is 11.6 Å². The van der Waals surface area contributed by atoms with Crippen molar-refractivity contribution in [1.29, 1.82) is 0 Å².